The summed E-state index contributed by atoms with van der Waals surface area (Å²) in [4.78, 5) is 14.7. The lowest BCUT2D eigenvalue weighted by atomic mass is 9.82. The monoisotopic (exact) mass is 265 g/mol. The molecule has 0 aromatic heterocycles. The van der Waals surface area contributed by atoms with Gasteiger partial charge in [-0.15, -0.1) is 0 Å². The zero-order valence-corrected chi connectivity index (χ0v) is 12.6. The second-order valence-corrected chi connectivity index (χ2v) is 5.67. The van der Waals surface area contributed by atoms with Crippen LogP contribution in [-0.4, -0.2) is 30.1 Å². The zero-order valence-electron chi connectivity index (χ0n) is 12.6. The third-order valence-corrected chi connectivity index (χ3v) is 4.55. The van der Waals surface area contributed by atoms with Crippen molar-refractivity contribution in [1.29, 1.82) is 0 Å². The molecule has 1 saturated heterocycles. The summed E-state index contributed by atoms with van der Waals surface area (Å²) >= 11 is 0. The quantitative estimate of drug-likeness (QED) is 0.713. The topological polar surface area (TPSA) is 29.5 Å². The lowest BCUT2D eigenvalue weighted by Crippen LogP contribution is -2.42. The minimum atomic E-state index is -0.0715. The SMILES string of the molecule is CCC[C@@H]1[C@H](CC)CC(C(=O)OCC)=C2CCCN21. The highest BCUT2D eigenvalue weighted by molar-refractivity contribution is 5.89. The van der Waals surface area contributed by atoms with Gasteiger partial charge in [0.2, 0.25) is 0 Å². The van der Waals surface area contributed by atoms with Crippen LogP contribution in [0.1, 0.15) is 59.3 Å². The number of fused-ring (bicyclic) bond motifs is 1. The number of rotatable bonds is 5. The standard InChI is InChI=1S/C16H27NO2/c1-4-8-14-12(5-2)11-13(16(18)19-6-3)15-9-7-10-17(14)15/h12,14H,4-11H2,1-3H3/t12-,14-/m1/s1. The van der Waals surface area contributed by atoms with Gasteiger partial charge in [-0.25, -0.2) is 4.79 Å². The molecule has 0 unspecified atom stereocenters. The highest BCUT2D eigenvalue weighted by Gasteiger charge is 2.38. The van der Waals surface area contributed by atoms with Gasteiger partial charge in [-0.05, 0) is 38.5 Å². The average Bonchev–Trinajstić information content (AvgIpc) is 2.88. The fourth-order valence-electron chi connectivity index (χ4n) is 3.68. The van der Waals surface area contributed by atoms with Crippen molar-refractivity contribution in [3.63, 3.8) is 0 Å². The molecule has 0 aliphatic carbocycles. The molecule has 0 saturated carbocycles. The summed E-state index contributed by atoms with van der Waals surface area (Å²) in [6, 6.07) is 0.644. The van der Waals surface area contributed by atoms with E-state index in [2.05, 4.69) is 18.7 Å². The van der Waals surface area contributed by atoms with E-state index in [0.29, 0.717) is 18.6 Å². The van der Waals surface area contributed by atoms with Crippen LogP contribution in [0.3, 0.4) is 0 Å². The number of carbonyl (C=O) groups excluding carboxylic acids is 1. The van der Waals surface area contributed by atoms with Gasteiger partial charge < -0.3 is 9.64 Å². The van der Waals surface area contributed by atoms with Gasteiger partial charge in [-0.2, -0.15) is 0 Å². The lowest BCUT2D eigenvalue weighted by molar-refractivity contribution is -0.139. The van der Waals surface area contributed by atoms with E-state index >= 15 is 0 Å². The van der Waals surface area contributed by atoms with E-state index in [0.717, 1.165) is 31.4 Å². The van der Waals surface area contributed by atoms with Crippen LogP contribution < -0.4 is 0 Å². The molecule has 0 N–H and O–H groups in total. The molecular formula is C16H27NO2. The summed E-state index contributed by atoms with van der Waals surface area (Å²) < 4.78 is 5.25. The molecule has 0 amide bonds. The molecule has 108 valence electrons. The molecule has 2 heterocycles. The van der Waals surface area contributed by atoms with E-state index in [-0.39, 0.29) is 5.97 Å². The fraction of sp³-hybridized carbons (Fsp3) is 0.812. The first-order valence-corrected chi connectivity index (χ1v) is 7.88. The molecule has 3 nitrogen and oxygen atoms in total. The van der Waals surface area contributed by atoms with Gasteiger partial charge in [0.05, 0.1) is 12.2 Å². The maximum absolute atomic E-state index is 12.2. The van der Waals surface area contributed by atoms with Gasteiger partial charge in [-0.3, -0.25) is 0 Å². The predicted octanol–water partition coefficient (Wildman–Crippen LogP) is 3.50. The Hall–Kier alpha value is -0.990. The van der Waals surface area contributed by atoms with E-state index in [1.165, 1.54) is 25.0 Å². The molecule has 3 heteroatoms. The number of carbonyl (C=O) groups is 1. The number of nitrogens with zero attached hydrogens (tertiary/aromatic N) is 1. The Labute approximate surface area is 117 Å². The first kappa shape index (κ1) is 14.4. The van der Waals surface area contributed by atoms with E-state index < -0.39 is 0 Å². The molecular weight excluding hydrogens is 238 g/mol. The summed E-state index contributed by atoms with van der Waals surface area (Å²) in [7, 11) is 0. The van der Waals surface area contributed by atoms with Crippen LogP contribution in [0.15, 0.2) is 11.3 Å². The molecule has 2 atom stereocenters. The first-order valence-electron chi connectivity index (χ1n) is 7.88. The van der Waals surface area contributed by atoms with Crippen LogP contribution in [0.2, 0.25) is 0 Å². The van der Waals surface area contributed by atoms with Crippen molar-refractivity contribution in [2.45, 2.75) is 65.3 Å². The second kappa shape index (κ2) is 6.44. The van der Waals surface area contributed by atoms with Crippen LogP contribution in [0.5, 0.6) is 0 Å². The van der Waals surface area contributed by atoms with Gasteiger partial charge >= 0.3 is 5.97 Å². The van der Waals surface area contributed by atoms with Crippen molar-refractivity contribution >= 4 is 5.97 Å². The molecule has 0 radical (unpaired) electrons. The molecule has 0 spiro atoms. The minimum Gasteiger partial charge on any atom is -0.463 e. The van der Waals surface area contributed by atoms with Gasteiger partial charge in [-0.1, -0.05) is 26.7 Å². The van der Waals surface area contributed by atoms with Crippen molar-refractivity contribution in [1.82, 2.24) is 4.90 Å². The molecule has 19 heavy (non-hydrogen) atoms. The van der Waals surface area contributed by atoms with Gasteiger partial charge in [0.15, 0.2) is 0 Å². The van der Waals surface area contributed by atoms with Crippen molar-refractivity contribution < 1.29 is 9.53 Å². The second-order valence-electron chi connectivity index (χ2n) is 5.67. The van der Waals surface area contributed by atoms with Crippen molar-refractivity contribution in [2.24, 2.45) is 5.92 Å². The number of allylic oxidation sites excluding steroid dienone is 1. The van der Waals surface area contributed by atoms with Crippen LogP contribution in [-0.2, 0) is 9.53 Å². The summed E-state index contributed by atoms with van der Waals surface area (Å²) in [6.45, 7) is 7.99. The highest BCUT2D eigenvalue weighted by atomic mass is 16.5. The minimum absolute atomic E-state index is 0.0715. The summed E-state index contributed by atoms with van der Waals surface area (Å²) in [5, 5.41) is 0. The van der Waals surface area contributed by atoms with Gasteiger partial charge in [0, 0.05) is 18.3 Å². The van der Waals surface area contributed by atoms with Crippen LogP contribution in [0.25, 0.3) is 0 Å². The van der Waals surface area contributed by atoms with Crippen molar-refractivity contribution in [3.05, 3.63) is 11.3 Å². The Morgan fingerprint density at radius 1 is 1.37 bits per heavy atom. The molecule has 2 aliphatic rings. The summed E-state index contributed by atoms with van der Waals surface area (Å²) in [5.74, 6) is 0.541. The van der Waals surface area contributed by atoms with Crippen LogP contribution in [0.4, 0.5) is 0 Å². The molecule has 0 bridgehead atoms. The van der Waals surface area contributed by atoms with E-state index in [1.807, 2.05) is 6.92 Å². The van der Waals surface area contributed by atoms with Crippen LogP contribution in [0, 0.1) is 5.92 Å². The lowest BCUT2D eigenvalue weighted by Gasteiger charge is -2.41. The van der Waals surface area contributed by atoms with Gasteiger partial charge in [0.1, 0.15) is 0 Å². The number of hydrogen-bond acceptors (Lipinski definition) is 3. The Kier molecular flexibility index (Phi) is 4.89. The highest BCUT2D eigenvalue weighted by Crippen LogP contribution is 2.40. The molecule has 2 rings (SSSR count). The Bertz CT molecular complexity index is 362. The molecule has 1 fully saturated rings. The maximum atomic E-state index is 12.2. The molecule has 0 aromatic carbocycles. The smallest absolute Gasteiger partial charge is 0.335 e. The largest absolute Gasteiger partial charge is 0.463 e. The fourth-order valence-corrected chi connectivity index (χ4v) is 3.68. The number of hydrogen-bond donors (Lipinski definition) is 0. The Balaban J connectivity index is 2.27. The van der Waals surface area contributed by atoms with Crippen molar-refractivity contribution in [2.75, 3.05) is 13.2 Å². The molecule has 2 aliphatic heterocycles. The van der Waals surface area contributed by atoms with E-state index in [4.69, 9.17) is 4.74 Å². The first-order chi connectivity index (χ1) is 9.22. The maximum Gasteiger partial charge on any atom is 0.335 e. The average molecular weight is 265 g/mol. The third kappa shape index (κ3) is 2.80. The van der Waals surface area contributed by atoms with E-state index in [1.54, 1.807) is 0 Å². The third-order valence-electron chi connectivity index (χ3n) is 4.55. The number of ether oxygens (including phenoxy) is 1. The number of esters is 1. The zero-order chi connectivity index (χ0) is 13.8. The Morgan fingerprint density at radius 3 is 2.79 bits per heavy atom. The van der Waals surface area contributed by atoms with Gasteiger partial charge in [0.25, 0.3) is 0 Å². The summed E-state index contributed by atoms with van der Waals surface area (Å²) in [6.07, 6.45) is 6.79. The Morgan fingerprint density at radius 2 is 2.16 bits per heavy atom. The van der Waals surface area contributed by atoms with Crippen molar-refractivity contribution in [3.8, 4) is 0 Å². The van der Waals surface area contributed by atoms with E-state index in [9.17, 15) is 4.79 Å². The predicted molar refractivity (Wildman–Crippen MR) is 76.7 cm³/mol. The summed E-state index contributed by atoms with van der Waals surface area (Å²) in [5.41, 5.74) is 2.26. The molecule has 0 aromatic rings. The normalized spacial score (nSPS) is 26.6. The van der Waals surface area contributed by atoms with Crippen LogP contribution >= 0.6 is 0 Å².